The molecule has 0 bridgehead atoms. The number of anilines is 1. The number of rotatable bonds is 4. The van der Waals surface area contributed by atoms with Crippen LogP contribution in [-0.2, 0) is 10.0 Å². The number of benzene rings is 2. The van der Waals surface area contributed by atoms with Crippen LogP contribution in [-0.4, -0.2) is 37.7 Å². The maximum atomic E-state index is 12.7. The van der Waals surface area contributed by atoms with Gasteiger partial charge in [0.1, 0.15) is 0 Å². The summed E-state index contributed by atoms with van der Waals surface area (Å²) in [4.78, 5) is 27.4. The molecule has 3 aromatic rings. The number of sulfonamides is 1. The van der Waals surface area contributed by atoms with E-state index in [9.17, 15) is 18.0 Å². The van der Waals surface area contributed by atoms with Crippen LogP contribution in [0, 0.1) is 6.92 Å². The van der Waals surface area contributed by atoms with E-state index in [1.807, 2.05) is 0 Å². The Labute approximate surface area is 156 Å². The lowest BCUT2D eigenvalue weighted by atomic mass is 10.1. The van der Waals surface area contributed by atoms with Crippen LogP contribution < -0.4 is 10.9 Å². The highest BCUT2D eigenvalue weighted by Gasteiger charge is 2.21. The molecule has 2 aromatic carbocycles. The molecule has 0 radical (unpaired) electrons. The summed E-state index contributed by atoms with van der Waals surface area (Å²) in [5, 5.41) is 3.28. The number of nitrogens with zero attached hydrogens (tertiary/aromatic N) is 1. The van der Waals surface area contributed by atoms with Gasteiger partial charge in [-0.3, -0.25) is 9.59 Å². The topological polar surface area (TPSA) is 99.3 Å². The number of fused-ring (bicyclic) bond motifs is 1. The van der Waals surface area contributed by atoms with Crippen LogP contribution in [0.3, 0.4) is 0 Å². The summed E-state index contributed by atoms with van der Waals surface area (Å²) in [6.07, 6.45) is 0. The van der Waals surface area contributed by atoms with Crippen LogP contribution in [0.1, 0.15) is 15.9 Å². The molecular formula is C19H19N3O4S. The Kier molecular flexibility index (Phi) is 4.86. The molecule has 0 saturated carbocycles. The molecule has 1 heterocycles. The average Bonchev–Trinajstić information content (AvgIpc) is 2.62. The lowest BCUT2D eigenvalue weighted by Gasteiger charge is -2.15. The number of H-pyrrole nitrogens is 1. The van der Waals surface area contributed by atoms with Gasteiger partial charge in [-0.1, -0.05) is 24.3 Å². The molecule has 0 saturated heterocycles. The number of nitrogens with one attached hydrogen (secondary N) is 2. The molecule has 2 N–H and O–H groups in total. The summed E-state index contributed by atoms with van der Waals surface area (Å²) in [5.74, 6) is -0.491. The van der Waals surface area contributed by atoms with Gasteiger partial charge in [-0.25, -0.2) is 12.7 Å². The molecule has 1 aromatic heterocycles. The van der Waals surface area contributed by atoms with Crippen LogP contribution in [0.2, 0.25) is 0 Å². The minimum absolute atomic E-state index is 0.112. The standard InChI is InChI=1S/C19H19N3O4S/c1-12-8-9-13(10-17(12)27(25,26)22(2)3)20-19(24)15-11-18(23)21-16-7-5-4-6-14(15)16/h4-11H,1-3H3,(H,20,24)(H,21,23). The van der Waals surface area contributed by atoms with Crippen molar-refractivity contribution in [1.82, 2.24) is 9.29 Å². The number of aromatic amines is 1. The highest BCUT2D eigenvalue weighted by atomic mass is 32.2. The van der Waals surface area contributed by atoms with E-state index in [1.54, 1.807) is 43.3 Å². The van der Waals surface area contributed by atoms with Crippen LogP contribution in [0.25, 0.3) is 10.9 Å². The van der Waals surface area contributed by atoms with Gasteiger partial charge in [-0.2, -0.15) is 0 Å². The van der Waals surface area contributed by atoms with Crippen molar-refractivity contribution in [3.8, 4) is 0 Å². The summed E-state index contributed by atoms with van der Waals surface area (Å²) in [6, 6.07) is 12.9. The molecule has 0 spiro atoms. The van der Waals surface area contributed by atoms with E-state index in [-0.39, 0.29) is 10.5 Å². The quantitative estimate of drug-likeness (QED) is 0.720. The van der Waals surface area contributed by atoms with E-state index in [0.717, 1.165) is 4.31 Å². The van der Waals surface area contributed by atoms with Gasteiger partial charge >= 0.3 is 0 Å². The van der Waals surface area contributed by atoms with Crippen molar-refractivity contribution in [2.75, 3.05) is 19.4 Å². The zero-order valence-electron chi connectivity index (χ0n) is 15.1. The van der Waals surface area contributed by atoms with E-state index >= 15 is 0 Å². The van der Waals surface area contributed by atoms with Crippen molar-refractivity contribution in [3.05, 3.63) is 70.0 Å². The third-order valence-corrected chi connectivity index (χ3v) is 6.16. The molecule has 27 heavy (non-hydrogen) atoms. The Morgan fingerprint density at radius 2 is 1.78 bits per heavy atom. The molecule has 1 amide bonds. The fourth-order valence-electron chi connectivity index (χ4n) is 2.74. The molecule has 0 aliphatic heterocycles. The lowest BCUT2D eigenvalue weighted by Crippen LogP contribution is -2.23. The molecule has 0 unspecified atom stereocenters. The van der Waals surface area contributed by atoms with Crippen molar-refractivity contribution in [3.63, 3.8) is 0 Å². The Bertz CT molecular complexity index is 1200. The maximum absolute atomic E-state index is 12.7. The van der Waals surface area contributed by atoms with Gasteiger partial charge in [0.25, 0.3) is 5.91 Å². The summed E-state index contributed by atoms with van der Waals surface area (Å²) in [5.41, 5.74) is 1.28. The summed E-state index contributed by atoms with van der Waals surface area (Å²) < 4.78 is 26.0. The molecule has 140 valence electrons. The summed E-state index contributed by atoms with van der Waals surface area (Å²) >= 11 is 0. The first-order valence-electron chi connectivity index (χ1n) is 8.17. The third-order valence-electron chi connectivity index (χ3n) is 4.20. The third kappa shape index (κ3) is 3.62. The number of aryl methyl sites for hydroxylation is 1. The molecule has 3 rings (SSSR count). The maximum Gasteiger partial charge on any atom is 0.256 e. The monoisotopic (exact) mass is 385 g/mol. The Balaban J connectivity index is 2.02. The largest absolute Gasteiger partial charge is 0.322 e. The number of hydrogen-bond acceptors (Lipinski definition) is 4. The fraction of sp³-hybridized carbons (Fsp3) is 0.158. The second-order valence-electron chi connectivity index (χ2n) is 6.31. The van der Waals surface area contributed by atoms with Gasteiger partial charge in [0.2, 0.25) is 15.6 Å². The van der Waals surface area contributed by atoms with E-state index in [1.165, 1.54) is 26.2 Å². The van der Waals surface area contributed by atoms with Crippen LogP contribution in [0.15, 0.2) is 58.2 Å². The predicted molar refractivity (Wildman–Crippen MR) is 105 cm³/mol. The minimum Gasteiger partial charge on any atom is -0.322 e. The highest BCUT2D eigenvalue weighted by molar-refractivity contribution is 7.89. The number of amides is 1. The Morgan fingerprint density at radius 1 is 1.07 bits per heavy atom. The zero-order chi connectivity index (χ0) is 19.8. The molecule has 7 nitrogen and oxygen atoms in total. The number of hydrogen-bond donors (Lipinski definition) is 2. The van der Waals surface area contributed by atoms with Crippen molar-refractivity contribution in [2.24, 2.45) is 0 Å². The number of carbonyl (C=O) groups is 1. The first-order chi connectivity index (χ1) is 12.7. The fourth-order valence-corrected chi connectivity index (χ4v) is 3.89. The summed E-state index contributed by atoms with van der Waals surface area (Å²) in [7, 11) is -0.751. The predicted octanol–water partition coefficient (Wildman–Crippen LogP) is 2.34. The zero-order valence-corrected chi connectivity index (χ0v) is 15.9. The van der Waals surface area contributed by atoms with Gasteiger partial charge in [0, 0.05) is 36.8 Å². The Morgan fingerprint density at radius 3 is 2.48 bits per heavy atom. The summed E-state index contributed by atoms with van der Waals surface area (Å²) in [6.45, 7) is 1.69. The minimum atomic E-state index is -3.64. The number of pyridine rings is 1. The van der Waals surface area contributed by atoms with E-state index in [2.05, 4.69) is 10.3 Å². The van der Waals surface area contributed by atoms with Crippen LogP contribution in [0.5, 0.6) is 0 Å². The Hall–Kier alpha value is -2.97. The molecular weight excluding hydrogens is 366 g/mol. The second-order valence-corrected chi connectivity index (χ2v) is 8.43. The number of para-hydroxylation sites is 1. The van der Waals surface area contributed by atoms with Crippen molar-refractivity contribution >= 4 is 32.5 Å². The van der Waals surface area contributed by atoms with Gasteiger partial charge in [0.15, 0.2) is 0 Å². The average molecular weight is 385 g/mol. The van der Waals surface area contributed by atoms with Gasteiger partial charge in [0.05, 0.1) is 10.5 Å². The van der Waals surface area contributed by atoms with Crippen molar-refractivity contribution < 1.29 is 13.2 Å². The SMILES string of the molecule is Cc1ccc(NC(=O)c2cc(=O)[nH]c3ccccc23)cc1S(=O)(=O)N(C)C. The molecule has 0 aliphatic carbocycles. The highest BCUT2D eigenvalue weighted by Crippen LogP contribution is 2.23. The number of aromatic nitrogens is 1. The first-order valence-corrected chi connectivity index (χ1v) is 9.61. The van der Waals surface area contributed by atoms with E-state index < -0.39 is 21.5 Å². The van der Waals surface area contributed by atoms with Crippen molar-refractivity contribution in [1.29, 1.82) is 0 Å². The van der Waals surface area contributed by atoms with Gasteiger partial charge < -0.3 is 10.3 Å². The van der Waals surface area contributed by atoms with Gasteiger partial charge in [-0.05, 0) is 30.7 Å². The van der Waals surface area contributed by atoms with E-state index in [4.69, 9.17) is 0 Å². The van der Waals surface area contributed by atoms with Crippen LogP contribution in [0.4, 0.5) is 5.69 Å². The molecule has 8 heteroatoms. The molecule has 0 fully saturated rings. The number of carbonyl (C=O) groups excluding carboxylic acids is 1. The lowest BCUT2D eigenvalue weighted by molar-refractivity contribution is 0.102. The van der Waals surface area contributed by atoms with Crippen molar-refractivity contribution in [2.45, 2.75) is 11.8 Å². The second kappa shape index (κ2) is 6.98. The normalized spacial score (nSPS) is 11.7. The first kappa shape index (κ1) is 18.8. The van der Waals surface area contributed by atoms with E-state index in [0.29, 0.717) is 22.2 Å². The van der Waals surface area contributed by atoms with Crippen LogP contribution >= 0.6 is 0 Å². The van der Waals surface area contributed by atoms with Gasteiger partial charge in [-0.15, -0.1) is 0 Å². The molecule has 0 aliphatic rings. The molecule has 0 atom stereocenters. The smallest absolute Gasteiger partial charge is 0.256 e.